The summed E-state index contributed by atoms with van der Waals surface area (Å²) in [5, 5.41) is 0. The van der Waals surface area contributed by atoms with Crippen molar-refractivity contribution in [1.82, 2.24) is 0 Å². The zero-order chi connectivity index (χ0) is 9.49. The maximum absolute atomic E-state index is 11.1. The van der Waals surface area contributed by atoms with Crippen molar-refractivity contribution in [2.75, 3.05) is 13.8 Å². The van der Waals surface area contributed by atoms with Gasteiger partial charge in [0.05, 0.1) is 7.11 Å². The Labute approximate surface area is 61.1 Å². The molecule has 68 valence electrons. The van der Waals surface area contributed by atoms with E-state index in [1.54, 1.807) is 0 Å². The smallest absolute Gasteiger partial charge is 0.444 e. The summed E-state index contributed by atoms with van der Waals surface area (Å²) in [4.78, 5) is 8.92. The van der Waals surface area contributed by atoms with Gasteiger partial charge in [0.15, 0.2) is 6.67 Å². The second-order valence-corrected chi connectivity index (χ2v) is 1.65. The molecule has 0 rings (SSSR count). The number of rotatable bonds is 1. The molecular formula is C5H8F4O2. The van der Waals surface area contributed by atoms with Gasteiger partial charge in [-0.3, -0.25) is 0 Å². The number of alkyl halides is 3. The summed E-state index contributed by atoms with van der Waals surface area (Å²) in [5.41, 5.74) is 0. The molecule has 0 amide bonds. The lowest BCUT2D eigenvalue weighted by molar-refractivity contribution is -0.00294. The molecular weight excluding hydrogens is 168 g/mol. The first-order valence-corrected chi connectivity index (χ1v) is 2.50. The van der Waals surface area contributed by atoms with Gasteiger partial charge in [-0.1, -0.05) is 0 Å². The topological polar surface area (TPSA) is 26.3 Å². The minimum absolute atomic E-state index is 0.535. The Balaban J connectivity index is 0. The highest BCUT2D eigenvalue weighted by Crippen LogP contribution is 2.10. The Morgan fingerprint density at radius 3 is 1.73 bits per heavy atom. The molecule has 0 fully saturated rings. The van der Waals surface area contributed by atoms with Gasteiger partial charge in [0.2, 0.25) is 0 Å². The quantitative estimate of drug-likeness (QED) is 0.452. The van der Waals surface area contributed by atoms with E-state index in [0.29, 0.717) is 6.92 Å². The number of carbonyl (C=O) groups excluding carboxylic acids is 1. The Morgan fingerprint density at radius 1 is 1.55 bits per heavy atom. The molecule has 6 heteroatoms. The molecule has 0 aromatic heterocycles. The standard InChI is InChI=1S/C3H5F3.C2H3FO2/c1-3(5,6)2-4;1-5-2(3)4/h2H2,1H3;1H3. The molecule has 0 atom stereocenters. The third-order valence-electron chi connectivity index (χ3n) is 0.395. The average Bonchev–Trinajstić information content (AvgIpc) is 1.88. The molecule has 0 saturated heterocycles. The Morgan fingerprint density at radius 2 is 1.73 bits per heavy atom. The van der Waals surface area contributed by atoms with Crippen molar-refractivity contribution in [2.24, 2.45) is 0 Å². The van der Waals surface area contributed by atoms with E-state index in [1.807, 2.05) is 0 Å². The summed E-state index contributed by atoms with van der Waals surface area (Å²) in [6, 6.07) is 0. The van der Waals surface area contributed by atoms with E-state index in [0.717, 1.165) is 7.11 Å². The molecule has 0 spiro atoms. The molecule has 0 saturated carbocycles. The van der Waals surface area contributed by atoms with Crippen LogP contribution in [-0.2, 0) is 4.74 Å². The number of halogens is 4. The van der Waals surface area contributed by atoms with Gasteiger partial charge < -0.3 is 4.74 Å². The molecule has 0 aliphatic carbocycles. The van der Waals surface area contributed by atoms with E-state index >= 15 is 0 Å². The van der Waals surface area contributed by atoms with Crippen LogP contribution >= 0.6 is 0 Å². The fourth-order valence-corrected chi connectivity index (χ4v) is 0. The van der Waals surface area contributed by atoms with E-state index in [2.05, 4.69) is 4.74 Å². The van der Waals surface area contributed by atoms with Gasteiger partial charge in [-0.05, 0) is 0 Å². The minimum atomic E-state index is -3.12. The zero-order valence-electron chi connectivity index (χ0n) is 6.04. The van der Waals surface area contributed by atoms with Gasteiger partial charge in [0.1, 0.15) is 0 Å². The molecule has 2 nitrogen and oxygen atoms in total. The third kappa shape index (κ3) is 27.1. The van der Waals surface area contributed by atoms with Crippen molar-refractivity contribution in [3.05, 3.63) is 0 Å². The largest absolute Gasteiger partial charge is 0.495 e. The number of hydrogen-bond acceptors (Lipinski definition) is 2. The first-order chi connectivity index (χ1) is 4.83. The highest BCUT2D eigenvalue weighted by atomic mass is 19.3. The van der Waals surface area contributed by atoms with Crippen LogP contribution in [0, 0.1) is 0 Å². The highest BCUT2D eigenvalue weighted by molar-refractivity contribution is 5.57. The van der Waals surface area contributed by atoms with E-state index < -0.39 is 18.8 Å². The first kappa shape index (κ1) is 12.8. The molecule has 0 aromatic carbocycles. The summed E-state index contributed by atoms with van der Waals surface area (Å²) in [6.45, 7) is -1.03. The van der Waals surface area contributed by atoms with Crippen LogP contribution in [-0.4, -0.2) is 25.9 Å². The lowest BCUT2D eigenvalue weighted by Gasteiger charge is -1.99. The average molecular weight is 176 g/mol. The Hall–Kier alpha value is -0.810. The number of hydrogen-bond donors (Lipinski definition) is 0. The maximum atomic E-state index is 11.1. The van der Waals surface area contributed by atoms with Crippen molar-refractivity contribution in [3.63, 3.8) is 0 Å². The SMILES string of the molecule is CC(F)(F)CF.COC(=O)F. The van der Waals surface area contributed by atoms with Crippen LogP contribution < -0.4 is 0 Å². The predicted octanol–water partition coefficient (Wildman–Crippen LogP) is 2.33. The van der Waals surface area contributed by atoms with Crippen LogP contribution in [0.4, 0.5) is 22.4 Å². The lowest BCUT2D eigenvalue weighted by atomic mass is 10.4. The predicted molar refractivity (Wildman–Crippen MR) is 30.1 cm³/mol. The van der Waals surface area contributed by atoms with E-state index in [9.17, 15) is 17.6 Å². The summed E-state index contributed by atoms with van der Waals surface area (Å²) in [6.07, 6.45) is -1.75. The number of ether oxygens (including phenoxy) is 1. The first-order valence-electron chi connectivity index (χ1n) is 2.50. The molecule has 11 heavy (non-hydrogen) atoms. The van der Waals surface area contributed by atoms with Gasteiger partial charge in [-0.25, -0.2) is 18.0 Å². The highest BCUT2D eigenvalue weighted by Gasteiger charge is 2.19. The van der Waals surface area contributed by atoms with Gasteiger partial charge in [0, 0.05) is 6.92 Å². The van der Waals surface area contributed by atoms with Gasteiger partial charge >= 0.3 is 6.22 Å². The van der Waals surface area contributed by atoms with Crippen LogP contribution in [0.15, 0.2) is 0 Å². The summed E-state index contributed by atoms with van der Waals surface area (Å²) in [5.74, 6) is -3.12. The van der Waals surface area contributed by atoms with E-state index in [1.165, 1.54) is 0 Å². The molecule has 0 heterocycles. The Kier molecular flexibility index (Phi) is 6.92. The van der Waals surface area contributed by atoms with Crippen LogP contribution in [0.5, 0.6) is 0 Å². The summed E-state index contributed by atoms with van der Waals surface area (Å²) in [7, 11) is 0.975. The number of carbonyl (C=O) groups is 1. The van der Waals surface area contributed by atoms with Crippen LogP contribution in [0.3, 0.4) is 0 Å². The maximum Gasteiger partial charge on any atom is 0.495 e. The summed E-state index contributed by atoms with van der Waals surface area (Å²) < 4.78 is 46.9. The fraction of sp³-hybridized carbons (Fsp3) is 0.800. The summed E-state index contributed by atoms with van der Waals surface area (Å²) >= 11 is 0. The van der Waals surface area contributed by atoms with Crippen molar-refractivity contribution in [3.8, 4) is 0 Å². The van der Waals surface area contributed by atoms with Crippen LogP contribution in [0.2, 0.25) is 0 Å². The fourth-order valence-electron chi connectivity index (χ4n) is 0. The van der Waals surface area contributed by atoms with Crippen LogP contribution in [0.25, 0.3) is 0 Å². The normalized spacial score (nSPS) is 9.64. The zero-order valence-corrected chi connectivity index (χ0v) is 6.04. The molecule has 0 aromatic rings. The van der Waals surface area contributed by atoms with Gasteiger partial charge in [-0.2, -0.15) is 0 Å². The van der Waals surface area contributed by atoms with Gasteiger partial charge in [-0.15, -0.1) is 4.39 Å². The monoisotopic (exact) mass is 176 g/mol. The molecule has 0 aliphatic heterocycles. The van der Waals surface area contributed by atoms with Crippen LogP contribution in [0.1, 0.15) is 6.92 Å². The van der Waals surface area contributed by atoms with Crippen molar-refractivity contribution >= 4 is 6.22 Å². The van der Waals surface area contributed by atoms with Crippen molar-refractivity contribution in [2.45, 2.75) is 12.8 Å². The second-order valence-electron chi connectivity index (χ2n) is 1.65. The lowest BCUT2D eigenvalue weighted by Crippen LogP contribution is -2.10. The van der Waals surface area contributed by atoms with Gasteiger partial charge in [0.25, 0.3) is 5.92 Å². The molecule has 0 N–H and O–H groups in total. The molecule has 0 bridgehead atoms. The minimum Gasteiger partial charge on any atom is -0.444 e. The molecule has 0 aliphatic rings. The van der Waals surface area contributed by atoms with Crippen molar-refractivity contribution in [1.29, 1.82) is 0 Å². The Bertz CT molecular complexity index is 110. The van der Waals surface area contributed by atoms with E-state index in [-0.39, 0.29) is 0 Å². The third-order valence-corrected chi connectivity index (χ3v) is 0.395. The number of methoxy groups -OCH3 is 1. The molecule has 0 radical (unpaired) electrons. The molecule has 0 unspecified atom stereocenters. The second kappa shape index (κ2) is 5.94. The van der Waals surface area contributed by atoms with E-state index in [4.69, 9.17) is 4.79 Å². The van der Waals surface area contributed by atoms with Crippen molar-refractivity contribution < 1.29 is 27.1 Å².